The Morgan fingerprint density at radius 2 is 1.90 bits per heavy atom. The van der Waals surface area contributed by atoms with Crippen molar-refractivity contribution in [1.29, 1.82) is 0 Å². The van der Waals surface area contributed by atoms with Gasteiger partial charge in [-0.15, -0.1) is 0 Å². The number of aliphatic hydroxyl groups is 1. The van der Waals surface area contributed by atoms with Gasteiger partial charge in [-0.25, -0.2) is 4.79 Å². The third-order valence-electron chi connectivity index (χ3n) is 3.21. The highest BCUT2D eigenvalue weighted by molar-refractivity contribution is 5.73. The average molecular weight is 294 g/mol. The molecule has 0 fully saturated rings. The van der Waals surface area contributed by atoms with E-state index in [1.807, 2.05) is 31.2 Å². The Labute approximate surface area is 126 Å². The van der Waals surface area contributed by atoms with Gasteiger partial charge in [0.1, 0.15) is 0 Å². The van der Waals surface area contributed by atoms with Crippen molar-refractivity contribution in [3.63, 3.8) is 0 Å². The SMILES string of the molecule is COCc1ccccc1CNC(=O)NCC(C)CC(C)O. The second-order valence-electron chi connectivity index (χ2n) is 5.46. The molecule has 1 aromatic carbocycles. The van der Waals surface area contributed by atoms with Gasteiger partial charge in [0, 0.05) is 20.2 Å². The fraction of sp³-hybridized carbons (Fsp3) is 0.562. The lowest BCUT2D eigenvalue weighted by molar-refractivity contribution is 0.163. The highest BCUT2D eigenvalue weighted by atomic mass is 16.5. The summed E-state index contributed by atoms with van der Waals surface area (Å²) in [6, 6.07) is 7.67. The zero-order valence-electron chi connectivity index (χ0n) is 13.1. The molecule has 0 bridgehead atoms. The van der Waals surface area contributed by atoms with Crippen molar-refractivity contribution < 1.29 is 14.6 Å². The van der Waals surface area contributed by atoms with Crippen LogP contribution < -0.4 is 10.6 Å². The normalized spacial score (nSPS) is 13.5. The van der Waals surface area contributed by atoms with E-state index in [4.69, 9.17) is 4.74 Å². The van der Waals surface area contributed by atoms with Gasteiger partial charge < -0.3 is 20.5 Å². The Morgan fingerprint density at radius 1 is 1.24 bits per heavy atom. The van der Waals surface area contributed by atoms with Crippen LogP contribution in [0.4, 0.5) is 4.79 Å². The number of urea groups is 1. The number of rotatable bonds is 8. The molecule has 0 aromatic heterocycles. The molecule has 118 valence electrons. The molecule has 21 heavy (non-hydrogen) atoms. The first kappa shape index (κ1) is 17.5. The predicted octanol–water partition coefficient (Wildman–Crippen LogP) is 2.04. The molecule has 0 aliphatic heterocycles. The molecule has 5 heteroatoms. The first-order chi connectivity index (χ1) is 10.0. The summed E-state index contributed by atoms with van der Waals surface area (Å²) in [5, 5.41) is 14.9. The highest BCUT2D eigenvalue weighted by Crippen LogP contribution is 2.09. The Kier molecular flexibility index (Phi) is 7.79. The van der Waals surface area contributed by atoms with E-state index in [9.17, 15) is 9.90 Å². The number of benzene rings is 1. The van der Waals surface area contributed by atoms with Crippen molar-refractivity contribution in [3.05, 3.63) is 35.4 Å². The number of hydrogen-bond acceptors (Lipinski definition) is 3. The van der Waals surface area contributed by atoms with Gasteiger partial charge in [0.25, 0.3) is 0 Å². The van der Waals surface area contributed by atoms with E-state index in [1.165, 1.54) is 0 Å². The minimum Gasteiger partial charge on any atom is -0.393 e. The molecular formula is C16H26N2O3. The molecule has 5 nitrogen and oxygen atoms in total. The van der Waals surface area contributed by atoms with Crippen molar-refractivity contribution in [2.75, 3.05) is 13.7 Å². The van der Waals surface area contributed by atoms with E-state index < -0.39 is 0 Å². The summed E-state index contributed by atoms with van der Waals surface area (Å²) >= 11 is 0. The van der Waals surface area contributed by atoms with Crippen LogP contribution in [0.15, 0.2) is 24.3 Å². The number of methoxy groups -OCH3 is 1. The summed E-state index contributed by atoms with van der Waals surface area (Å²) in [5.41, 5.74) is 2.12. The van der Waals surface area contributed by atoms with E-state index in [1.54, 1.807) is 14.0 Å². The van der Waals surface area contributed by atoms with E-state index in [-0.39, 0.29) is 18.1 Å². The Morgan fingerprint density at radius 3 is 2.52 bits per heavy atom. The maximum absolute atomic E-state index is 11.8. The van der Waals surface area contributed by atoms with E-state index in [0.29, 0.717) is 26.1 Å². The zero-order chi connectivity index (χ0) is 15.7. The van der Waals surface area contributed by atoms with Crippen LogP contribution in [-0.4, -0.2) is 30.9 Å². The zero-order valence-corrected chi connectivity index (χ0v) is 13.1. The lowest BCUT2D eigenvalue weighted by Crippen LogP contribution is -2.38. The number of hydrogen-bond donors (Lipinski definition) is 3. The van der Waals surface area contributed by atoms with Crippen LogP contribution in [0.1, 0.15) is 31.4 Å². The first-order valence-electron chi connectivity index (χ1n) is 7.28. The van der Waals surface area contributed by atoms with Crippen LogP contribution in [0, 0.1) is 5.92 Å². The van der Waals surface area contributed by atoms with Crippen LogP contribution in [-0.2, 0) is 17.9 Å². The monoisotopic (exact) mass is 294 g/mol. The topological polar surface area (TPSA) is 70.6 Å². The summed E-state index contributed by atoms with van der Waals surface area (Å²) in [5.74, 6) is 0.247. The number of amides is 2. The molecule has 0 aliphatic rings. The Balaban J connectivity index is 2.36. The summed E-state index contributed by atoms with van der Waals surface area (Å²) in [6.45, 7) is 5.31. The molecule has 0 saturated carbocycles. The third-order valence-corrected chi connectivity index (χ3v) is 3.21. The van der Waals surface area contributed by atoms with Gasteiger partial charge in [0.2, 0.25) is 0 Å². The summed E-state index contributed by atoms with van der Waals surface area (Å²) in [4.78, 5) is 11.8. The maximum Gasteiger partial charge on any atom is 0.315 e. The van der Waals surface area contributed by atoms with Crippen LogP contribution >= 0.6 is 0 Å². The minimum atomic E-state index is -0.342. The summed E-state index contributed by atoms with van der Waals surface area (Å²) < 4.78 is 5.14. The third kappa shape index (κ3) is 7.11. The van der Waals surface area contributed by atoms with Gasteiger partial charge in [0.05, 0.1) is 12.7 Å². The molecule has 2 unspecified atom stereocenters. The number of nitrogens with one attached hydrogen (secondary N) is 2. The number of aliphatic hydroxyl groups excluding tert-OH is 1. The molecule has 1 rings (SSSR count). The lowest BCUT2D eigenvalue weighted by Gasteiger charge is -2.15. The molecule has 0 radical (unpaired) electrons. The predicted molar refractivity (Wildman–Crippen MR) is 82.9 cm³/mol. The number of ether oxygens (including phenoxy) is 1. The Hall–Kier alpha value is -1.59. The molecule has 3 N–H and O–H groups in total. The van der Waals surface area contributed by atoms with Gasteiger partial charge >= 0.3 is 6.03 Å². The fourth-order valence-electron chi connectivity index (χ4n) is 2.20. The average Bonchev–Trinajstić information content (AvgIpc) is 2.44. The fourth-order valence-corrected chi connectivity index (χ4v) is 2.20. The molecule has 0 spiro atoms. The molecule has 0 heterocycles. The van der Waals surface area contributed by atoms with Crippen molar-refractivity contribution in [2.24, 2.45) is 5.92 Å². The lowest BCUT2D eigenvalue weighted by atomic mass is 10.1. The van der Waals surface area contributed by atoms with Gasteiger partial charge in [-0.2, -0.15) is 0 Å². The first-order valence-corrected chi connectivity index (χ1v) is 7.28. The number of carbonyl (C=O) groups is 1. The molecular weight excluding hydrogens is 268 g/mol. The van der Waals surface area contributed by atoms with Crippen molar-refractivity contribution in [3.8, 4) is 0 Å². The van der Waals surface area contributed by atoms with E-state index >= 15 is 0 Å². The van der Waals surface area contributed by atoms with Crippen LogP contribution in [0.25, 0.3) is 0 Å². The smallest absolute Gasteiger partial charge is 0.315 e. The molecule has 0 saturated heterocycles. The Bertz CT molecular complexity index is 435. The van der Waals surface area contributed by atoms with Crippen LogP contribution in [0.2, 0.25) is 0 Å². The van der Waals surface area contributed by atoms with E-state index in [0.717, 1.165) is 11.1 Å². The number of carbonyl (C=O) groups excluding carboxylic acids is 1. The van der Waals surface area contributed by atoms with E-state index in [2.05, 4.69) is 10.6 Å². The quantitative estimate of drug-likeness (QED) is 0.687. The van der Waals surface area contributed by atoms with Gasteiger partial charge in [0.15, 0.2) is 0 Å². The van der Waals surface area contributed by atoms with Crippen molar-refractivity contribution in [2.45, 2.75) is 39.5 Å². The molecule has 2 amide bonds. The van der Waals surface area contributed by atoms with Crippen molar-refractivity contribution in [1.82, 2.24) is 10.6 Å². The van der Waals surface area contributed by atoms with Crippen LogP contribution in [0.5, 0.6) is 0 Å². The molecule has 2 atom stereocenters. The molecule has 1 aromatic rings. The maximum atomic E-state index is 11.8. The highest BCUT2D eigenvalue weighted by Gasteiger charge is 2.08. The van der Waals surface area contributed by atoms with Gasteiger partial charge in [-0.05, 0) is 30.4 Å². The second-order valence-corrected chi connectivity index (χ2v) is 5.46. The minimum absolute atomic E-state index is 0.195. The second kappa shape index (κ2) is 9.37. The van der Waals surface area contributed by atoms with Crippen LogP contribution in [0.3, 0.4) is 0 Å². The standard InChI is InChI=1S/C16H26N2O3/c1-12(8-13(2)19)9-17-16(20)18-10-14-6-4-5-7-15(14)11-21-3/h4-7,12-13,19H,8-11H2,1-3H3,(H2,17,18,20). The van der Waals surface area contributed by atoms with Gasteiger partial charge in [-0.3, -0.25) is 0 Å². The molecule has 0 aliphatic carbocycles. The largest absolute Gasteiger partial charge is 0.393 e. The van der Waals surface area contributed by atoms with Gasteiger partial charge in [-0.1, -0.05) is 31.2 Å². The summed E-state index contributed by atoms with van der Waals surface area (Å²) in [7, 11) is 1.65. The summed E-state index contributed by atoms with van der Waals surface area (Å²) in [6.07, 6.45) is 0.336. The van der Waals surface area contributed by atoms with Crippen molar-refractivity contribution >= 4 is 6.03 Å².